The second kappa shape index (κ2) is 7.63. The van der Waals surface area contributed by atoms with Gasteiger partial charge in [-0.1, -0.05) is 23.7 Å². The maximum absolute atomic E-state index is 12.0. The van der Waals surface area contributed by atoms with Gasteiger partial charge in [-0.15, -0.1) is 0 Å². The average Bonchev–Trinajstić information content (AvgIpc) is 2.44. The number of hydrogen-bond donors (Lipinski definition) is 2. The number of unbranched alkanes of at least 4 members (excludes halogenated alkanes) is 1. The highest BCUT2D eigenvalue weighted by Gasteiger charge is 2.15. The molecule has 1 rings (SSSR count). The number of carboxylic acid groups (broad SMARTS) is 1. The average molecular weight is 312 g/mol. The van der Waals surface area contributed by atoms with Crippen LogP contribution in [0.15, 0.2) is 34.3 Å². The molecule has 1 aromatic carbocycles. The van der Waals surface area contributed by atoms with Gasteiger partial charge in [-0.3, -0.25) is 4.79 Å². The number of benzene rings is 1. The Morgan fingerprint density at radius 2 is 1.95 bits per heavy atom. The van der Waals surface area contributed by atoms with E-state index < -0.39 is 21.8 Å². The van der Waals surface area contributed by atoms with Gasteiger partial charge in [0, 0.05) is 10.6 Å². The normalized spacial score (nSPS) is 12.4. The molecule has 3 N–H and O–H groups in total. The lowest BCUT2D eigenvalue weighted by molar-refractivity contribution is -0.138. The molecule has 21 heavy (non-hydrogen) atoms. The number of carbonyl (C=O) groups is 1. The van der Waals surface area contributed by atoms with E-state index in [1.54, 1.807) is 0 Å². The minimum absolute atomic E-state index is 0.0831. The Hall–Kier alpha value is -2.09. The van der Waals surface area contributed by atoms with Crippen molar-refractivity contribution in [3.05, 3.63) is 34.7 Å². The lowest BCUT2D eigenvalue weighted by atomic mass is 10.1. The van der Waals surface area contributed by atoms with Crippen LogP contribution in [0.3, 0.4) is 0 Å². The van der Waals surface area contributed by atoms with Gasteiger partial charge >= 0.3 is 5.97 Å². The molecular formula is C12H16N4O4S. The highest BCUT2D eigenvalue weighted by atomic mass is 32.2. The van der Waals surface area contributed by atoms with E-state index >= 15 is 0 Å². The number of carboxylic acids is 1. The summed E-state index contributed by atoms with van der Waals surface area (Å²) in [6.07, 6.45) is 0.992. The van der Waals surface area contributed by atoms with E-state index in [1.165, 1.54) is 24.3 Å². The fraction of sp³-hybridized carbons (Fsp3) is 0.417. The molecule has 0 bridgehead atoms. The zero-order valence-corrected chi connectivity index (χ0v) is 12.0. The van der Waals surface area contributed by atoms with Crippen LogP contribution >= 0.6 is 0 Å². The summed E-state index contributed by atoms with van der Waals surface area (Å²) in [6, 6.07) is 4.64. The number of aliphatic carboxylic acids is 1. The molecule has 0 aliphatic rings. The quantitative estimate of drug-likeness (QED) is 0.326. The minimum atomic E-state index is -3.43. The Kier molecular flexibility index (Phi) is 6.16. The Balaban J connectivity index is 2.57. The summed E-state index contributed by atoms with van der Waals surface area (Å²) in [7, 11) is -3.43. The van der Waals surface area contributed by atoms with Gasteiger partial charge in [-0.05, 0) is 30.5 Å². The summed E-state index contributed by atoms with van der Waals surface area (Å²) >= 11 is 0. The van der Waals surface area contributed by atoms with E-state index in [9.17, 15) is 13.2 Å². The van der Waals surface area contributed by atoms with E-state index in [1.807, 2.05) is 0 Å². The van der Waals surface area contributed by atoms with Crippen LogP contribution in [0.2, 0.25) is 0 Å². The number of hydrogen-bond acceptors (Lipinski definition) is 5. The summed E-state index contributed by atoms with van der Waals surface area (Å²) < 4.78 is 24.1. The third kappa shape index (κ3) is 5.42. The summed E-state index contributed by atoms with van der Waals surface area (Å²) in [6.45, 7) is 0. The van der Waals surface area contributed by atoms with Crippen molar-refractivity contribution in [1.29, 1.82) is 0 Å². The van der Waals surface area contributed by atoms with Gasteiger partial charge in [0.05, 0.1) is 10.6 Å². The maximum Gasteiger partial charge on any atom is 0.320 e. The molecule has 9 heteroatoms. The molecule has 0 spiro atoms. The Morgan fingerprint density at radius 1 is 1.33 bits per heavy atom. The highest BCUT2D eigenvalue weighted by Crippen LogP contribution is 2.18. The van der Waals surface area contributed by atoms with E-state index in [2.05, 4.69) is 10.0 Å². The van der Waals surface area contributed by atoms with E-state index in [0.717, 1.165) is 0 Å². The van der Waals surface area contributed by atoms with E-state index in [4.69, 9.17) is 16.4 Å². The van der Waals surface area contributed by atoms with Gasteiger partial charge < -0.3 is 10.8 Å². The number of nitrogens with zero attached hydrogens (tertiary/aromatic N) is 3. The molecule has 0 saturated heterocycles. The third-order valence-electron chi connectivity index (χ3n) is 2.85. The first kappa shape index (κ1) is 17.0. The van der Waals surface area contributed by atoms with E-state index in [0.29, 0.717) is 18.5 Å². The molecule has 0 amide bonds. The van der Waals surface area contributed by atoms with E-state index in [-0.39, 0.29) is 17.1 Å². The molecule has 114 valence electrons. The highest BCUT2D eigenvalue weighted by molar-refractivity contribution is 7.91. The SMILES string of the molecule is [N-]=[N+]=Nc1ccc(S(=O)(=O)CCCCC(N)C(=O)O)cc1. The minimum Gasteiger partial charge on any atom is -0.480 e. The van der Waals surface area contributed by atoms with Crippen molar-refractivity contribution in [2.24, 2.45) is 10.8 Å². The van der Waals surface area contributed by atoms with Crippen LogP contribution in [-0.4, -0.2) is 31.3 Å². The first-order chi connectivity index (χ1) is 9.86. The summed E-state index contributed by atoms with van der Waals surface area (Å²) in [4.78, 5) is 13.3. The fourth-order valence-electron chi connectivity index (χ4n) is 1.67. The third-order valence-corrected chi connectivity index (χ3v) is 4.67. The predicted octanol–water partition coefficient (Wildman–Crippen LogP) is 1.98. The van der Waals surface area contributed by atoms with Crippen molar-refractivity contribution in [3.63, 3.8) is 0 Å². The molecule has 0 heterocycles. The lowest BCUT2D eigenvalue weighted by Crippen LogP contribution is -2.29. The molecular weight excluding hydrogens is 296 g/mol. The monoisotopic (exact) mass is 312 g/mol. The van der Waals surface area contributed by atoms with Crippen molar-refractivity contribution in [2.75, 3.05) is 5.75 Å². The maximum atomic E-state index is 12.0. The van der Waals surface area contributed by atoms with Crippen LogP contribution in [-0.2, 0) is 14.6 Å². The molecule has 1 unspecified atom stereocenters. The molecule has 0 aliphatic heterocycles. The van der Waals surface area contributed by atoms with Gasteiger partial charge in [-0.25, -0.2) is 8.42 Å². The van der Waals surface area contributed by atoms with Crippen molar-refractivity contribution in [1.82, 2.24) is 0 Å². The van der Waals surface area contributed by atoms with Gasteiger partial charge in [0.1, 0.15) is 6.04 Å². The predicted molar refractivity (Wildman–Crippen MR) is 76.8 cm³/mol. The number of nitrogens with two attached hydrogens (primary N) is 1. The Morgan fingerprint density at radius 3 is 2.48 bits per heavy atom. The first-order valence-corrected chi connectivity index (χ1v) is 7.88. The second-order valence-electron chi connectivity index (χ2n) is 4.44. The van der Waals surface area contributed by atoms with Crippen LogP contribution in [0.5, 0.6) is 0 Å². The number of rotatable bonds is 8. The standard InChI is InChI=1S/C12H16N4O4S/c13-11(12(17)18)3-1-2-8-21(19,20)10-6-4-9(5-7-10)15-16-14/h4-7,11H,1-3,8,13H2,(H,17,18). The summed E-state index contributed by atoms with van der Waals surface area (Å²) in [5.74, 6) is -1.17. The van der Waals surface area contributed by atoms with Crippen LogP contribution in [0, 0.1) is 0 Å². The number of azide groups is 1. The van der Waals surface area contributed by atoms with Crippen molar-refractivity contribution < 1.29 is 18.3 Å². The summed E-state index contributed by atoms with van der Waals surface area (Å²) in [5, 5.41) is 12.0. The van der Waals surface area contributed by atoms with Gasteiger partial charge in [0.25, 0.3) is 0 Å². The second-order valence-corrected chi connectivity index (χ2v) is 6.55. The molecule has 0 saturated carbocycles. The number of sulfone groups is 1. The smallest absolute Gasteiger partial charge is 0.320 e. The van der Waals surface area contributed by atoms with Crippen molar-refractivity contribution >= 4 is 21.5 Å². The zero-order chi connectivity index (χ0) is 15.9. The molecule has 8 nitrogen and oxygen atoms in total. The Bertz CT molecular complexity index is 636. The fourth-order valence-corrected chi connectivity index (χ4v) is 3.04. The van der Waals surface area contributed by atoms with Crippen LogP contribution in [0.1, 0.15) is 19.3 Å². The molecule has 0 fully saturated rings. The van der Waals surface area contributed by atoms with Crippen molar-refractivity contribution in [2.45, 2.75) is 30.2 Å². The van der Waals surface area contributed by atoms with Crippen LogP contribution in [0.4, 0.5) is 5.69 Å². The molecule has 0 aromatic heterocycles. The molecule has 1 aromatic rings. The van der Waals surface area contributed by atoms with Gasteiger partial charge in [0.2, 0.25) is 0 Å². The summed E-state index contributed by atoms with van der Waals surface area (Å²) in [5.41, 5.74) is 13.9. The topological polar surface area (TPSA) is 146 Å². The first-order valence-electron chi connectivity index (χ1n) is 6.23. The van der Waals surface area contributed by atoms with Gasteiger partial charge in [-0.2, -0.15) is 0 Å². The largest absolute Gasteiger partial charge is 0.480 e. The van der Waals surface area contributed by atoms with Gasteiger partial charge in [0.15, 0.2) is 9.84 Å². The van der Waals surface area contributed by atoms with Crippen LogP contribution < -0.4 is 5.73 Å². The zero-order valence-electron chi connectivity index (χ0n) is 11.2. The molecule has 1 atom stereocenters. The van der Waals surface area contributed by atoms with Crippen LogP contribution in [0.25, 0.3) is 10.4 Å². The van der Waals surface area contributed by atoms with Crippen molar-refractivity contribution in [3.8, 4) is 0 Å². The Labute approximate surface area is 122 Å². The lowest BCUT2D eigenvalue weighted by Gasteiger charge is -2.07. The molecule has 0 radical (unpaired) electrons. The molecule has 0 aliphatic carbocycles.